The van der Waals surface area contributed by atoms with Gasteiger partial charge in [0.1, 0.15) is 11.9 Å². The second-order valence-electron chi connectivity index (χ2n) is 7.51. The zero-order valence-corrected chi connectivity index (χ0v) is 19.5. The van der Waals surface area contributed by atoms with Crippen LogP contribution in [-0.4, -0.2) is 65.9 Å². The molecular formula is C22H24ClF3N4O2S. The van der Waals surface area contributed by atoms with Crippen molar-refractivity contribution in [3.63, 3.8) is 0 Å². The van der Waals surface area contributed by atoms with Crippen LogP contribution in [0.4, 0.5) is 19.0 Å². The SMILES string of the molecule is CSCCC(NC(=O)c1ccccc1)C(=O)N1CCN(c2ncc(C(F)(F)F)cc2Cl)CC1. The van der Waals surface area contributed by atoms with Crippen LogP contribution in [0.25, 0.3) is 0 Å². The standard InChI is InChI=1S/C22H24ClF3N4O2S/c1-33-12-7-18(28-20(31)15-5-3-2-4-6-15)21(32)30-10-8-29(9-11-30)19-17(23)13-16(14-27-19)22(24,25)26/h2-6,13-14,18H,7-12H2,1H3,(H,28,31). The number of nitrogens with one attached hydrogen (secondary N) is 1. The molecule has 1 aliphatic rings. The van der Waals surface area contributed by atoms with Gasteiger partial charge in [0.2, 0.25) is 5.91 Å². The molecule has 0 spiro atoms. The fourth-order valence-electron chi connectivity index (χ4n) is 3.50. The predicted molar refractivity (Wildman–Crippen MR) is 124 cm³/mol. The minimum Gasteiger partial charge on any atom is -0.352 e. The molecule has 33 heavy (non-hydrogen) atoms. The number of nitrogens with zero attached hydrogens (tertiary/aromatic N) is 3. The van der Waals surface area contributed by atoms with E-state index in [1.807, 2.05) is 12.3 Å². The molecule has 0 radical (unpaired) electrons. The topological polar surface area (TPSA) is 65.5 Å². The second-order valence-corrected chi connectivity index (χ2v) is 8.91. The van der Waals surface area contributed by atoms with E-state index in [1.54, 1.807) is 45.8 Å². The number of carbonyl (C=O) groups is 2. The highest BCUT2D eigenvalue weighted by molar-refractivity contribution is 7.98. The Morgan fingerprint density at radius 3 is 2.42 bits per heavy atom. The van der Waals surface area contributed by atoms with Gasteiger partial charge in [0.25, 0.3) is 5.91 Å². The van der Waals surface area contributed by atoms with Gasteiger partial charge >= 0.3 is 6.18 Å². The molecule has 0 aliphatic carbocycles. The molecule has 1 aromatic carbocycles. The summed E-state index contributed by atoms with van der Waals surface area (Å²) < 4.78 is 38.6. The number of anilines is 1. The highest BCUT2D eigenvalue weighted by Gasteiger charge is 2.33. The van der Waals surface area contributed by atoms with E-state index in [2.05, 4.69) is 10.3 Å². The normalized spacial score (nSPS) is 15.3. The van der Waals surface area contributed by atoms with Gasteiger partial charge < -0.3 is 15.1 Å². The van der Waals surface area contributed by atoms with Gasteiger partial charge in [-0.1, -0.05) is 29.8 Å². The summed E-state index contributed by atoms with van der Waals surface area (Å²) >= 11 is 7.64. The lowest BCUT2D eigenvalue weighted by Crippen LogP contribution is -2.55. The number of amides is 2. The molecule has 0 bridgehead atoms. The average Bonchev–Trinajstić information content (AvgIpc) is 2.81. The van der Waals surface area contributed by atoms with E-state index in [9.17, 15) is 22.8 Å². The van der Waals surface area contributed by atoms with Crippen molar-refractivity contribution in [3.8, 4) is 0 Å². The average molecular weight is 501 g/mol. The third kappa shape index (κ3) is 6.54. The Hall–Kier alpha value is -2.46. The minimum atomic E-state index is -4.52. The summed E-state index contributed by atoms with van der Waals surface area (Å²) in [5.74, 6) is 0.471. The molecule has 178 valence electrons. The van der Waals surface area contributed by atoms with Crippen molar-refractivity contribution in [3.05, 3.63) is 58.7 Å². The highest BCUT2D eigenvalue weighted by Crippen LogP contribution is 2.33. The van der Waals surface area contributed by atoms with Crippen molar-refractivity contribution in [2.75, 3.05) is 43.1 Å². The molecule has 1 aromatic heterocycles. The Bertz CT molecular complexity index is 970. The highest BCUT2D eigenvalue weighted by atomic mass is 35.5. The first kappa shape index (κ1) is 25.2. The van der Waals surface area contributed by atoms with E-state index in [4.69, 9.17) is 11.6 Å². The van der Waals surface area contributed by atoms with E-state index in [0.717, 1.165) is 12.3 Å². The fraction of sp³-hybridized carbons (Fsp3) is 0.409. The Kier molecular flexibility index (Phi) is 8.47. The molecule has 2 heterocycles. The van der Waals surface area contributed by atoms with Crippen LogP contribution in [0.2, 0.25) is 5.02 Å². The van der Waals surface area contributed by atoms with Gasteiger partial charge in [0.05, 0.1) is 10.6 Å². The number of aromatic nitrogens is 1. The maximum atomic E-state index is 13.2. The van der Waals surface area contributed by atoms with Crippen molar-refractivity contribution >= 4 is 41.0 Å². The maximum absolute atomic E-state index is 13.2. The largest absolute Gasteiger partial charge is 0.417 e. The molecule has 0 saturated carbocycles. The van der Waals surface area contributed by atoms with Crippen molar-refractivity contribution in [1.29, 1.82) is 0 Å². The summed E-state index contributed by atoms with van der Waals surface area (Å²) in [6.45, 7) is 1.42. The number of rotatable bonds is 7. The molecule has 1 fully saturated rings. The van der Waals surface area contributed by atoms with Gasteiger partial charge in [-0.15, -0.1) is 0 Å². The molecule has 1 saturated heterocycles. The molecule has 2 amide bonds. The number of thioether (sulfide) groups is 1. The Labute approximate surface area is 199 Å². The first-order valence-corrected chi connectivity index (χ1v) is 12.1. The number of benzene rings is 1. The first-order valence-electron chi connectivity index (χ1n) is 10.3. The van der Waals surface area contributed by atoms with Gasteiger partial charge in [-0.25, -0.2) is 4.98 Å². The molecule has 1 aliphatic heterocycles. The number of alkyl halides is 3. The third-order valence-electron chi connectivity index (χ3n) is 5.29. The van der Waals surface area contributed by atoms with Gasteiger partial charge in [0, 0.05) is 37.9 Å². The van der Waals surface area contributed by atoms with Gasteiger partial charge in [-0.2, -0.15) is 24.9 Å². The molecule has 6 nitrogen and oxygen atoms in total. The Morgan fingerprint density at radius 2 is 1.85 bits per heavy atom. The summed E-state index contributed by atoms with van der Waals surface area (Å²) in [5.41, 5.74) is -0.428. The number of piperazine rings is 1. The Morgan fingerprint density at radius 1 is 1.18 bits per heavy atom. The molecule has 1 N–H and O–H groups in total. The van der Waals surface area contributed by atoms with Gasteiger partial charge in [0.15, 0.2) is 0 Å². The third-order valence-corrected chi connectivity index (χ3v) is 6.21. The summed E-state index contributed by atoms with van der Waals surface area (Å²) in [7, 11) is 0. The van der Waals surface area contributed by atoms with Crippen molar-refractivity contribution in [2.45, 2.75) is 18.6 Å². The zero-order valence-electron chi connectivity index (χ0n) is 17.9. The number of pyridine rings is 1. The van der Waals surface area contributed by atoms with E-state index < -0.39 is 17.8 Å². The van der Waals surface area contributed by atoms with Crippen molar-refractivity contribution in [2.24, 2.45) is 0 Å². The number of hydrogen-bond acceptors (Lipinski definition) is 5. The second kappa shape index (κ2) is 11.1. The minimum absolute atomic E-state index is 0.0856. The van der Waals surface area contributed by atoms with Crippen LogP contribution >= 0.6 is 23.4 Å². The number of carbonyl (C=O) groups excluding carboxylic acids is 2. The molecule has 11 heteroatoms. The molecule has 1 unspecified atom stereocenters. The van der Waals surface area contributed by atoms with Crippen LogP contribution in [0.5, 0.6) is 0 Å². The fourth-order valence-corrected chi connectivity index (χ4v) is 4.26. The Balaban J connectivity index is 1.64. The van der Waals surface area contributed by atoms with Crippen LogP contribution in [0.15, 0.2) is 42.6 Å². The van der Waals surface area contributed by atoms with Crippen LogP contribution in [0.3, 0.4) is 0 Å². The summed E-state index contributed by atoms with van der Waals surface area (Å²) in [4.78, 5) is 33.0. The maximum Gasteiger partial charge on any atom is 0.417 e. The van der Waals surface area contributed by atoms with Crippen molar-refractivity contribution < 1.29 is 22.8 Å². The lowest BCUT2D eigenvalue weighted by Gasteiger charge is -2.37. The zero-order chi connectivity index (χ0) is 24.0. The summed E-state index contributed by atoms with van der Waals surface area (Å²) in [6.07, 6.45) is -1.34. The monoisotopic (exact) mass is 500 g/mol. The number of halogens is 4. The summed E-state index contributed by atoms with van der Waals surface area (Å²) in [6, 6.07) is 8.89. The lowest BCUT2D eigenvalue weighted by molar-refractivity contribution is -0.138. The predicted octanol–water partition coefficient (Wildman–Crippen LogP) is 3.95. The van der Waals surface area contributed by atoms with E-state index in [-0.39, 0.29) is 22.7 Å². The smallest absolute Gasteiger partial charge is 0.352 e. The molecule has 3 rings (SSSR count). The van der Waals surface area contributed by atoms with Crippen LogP contribution in [-0.2, 0) is 11.0 Å². The van der Waals surface area contributed by atoms with E-state index >= 15 is 0 Å². The molecule has 2 aromatic rings. The van der Waals surface area contributed by atoms with Gasteiger partial charge in [-0.3, -0.25) is 9.59 Å². The van der Waals surface area contributed by atoms with Crippen LogP contribution in [0, 0.1) is 0 Å². The van der Waals surface area contributed by atoms with Crippen molar-refractivity contribution in [1.82, 2.24) is 15.2 Å². The van der Waals surface area contributed by atoms with Crippen LogP contribution in [0.1, 0.15) is 22.3 Å². The quantitative estimate of drug-likeness (QED) is 0.623. The first-order chi connectivity index (χ1) is 15.7. The molecular weight excluding hydrogens is 477 g/mol. The molecule has 1 atom stereocenters. The van der Waals surface area contributed by atoms with Crippen LogP contribution < -0.4 is 10.2 Å². The number of hydrogen-bond donors (Lipinski definition) is 1. The van der Waals surface area contributed by atoms with Gasteiger partial charge in [-0.05, 0) is 36.6 Å². The summed E-state index contributed by atoms with van der Waals surface area (Å²) in [5, 5.41) is 2.75. The van der Waals surface area contributed by atoms with E-state index in [0.29, 0.717) is 43.9 Å². The lowest BCUT2D eigenvalue weighted by atomic mass is 10.1. The van der Waals surface area contributed by atoms with E-state index in [1.165, 1.54) is 0 Å².